The molecule has 138 valence electrons. The lowest BCUT2D eigenvalue weighted by Gasteiger charge is -2.15. The minimum absolute atomic E-state index is 0.203. The van der Waals surface area contributed by atoms with Crippen LogP contribution in [0.25, 0.3) is 0 Å². The number of hydrogen-bond acceptors (Lipinski definition) is 4. The molecule has 0 aliphatic heterocycles. The quantitative estimate of drug-likeness (QED) is 0.651. The van der Waals surface area contributed by atoms with Crippen LogP contribution in [0.3, 0.4) is 0 Å². The highest BCUT2D eigenvalue weighted by molar-refractivity contribution is 6.30. The normalized spacial score (nSPS) is 11.5. The maximum Gasteiger partial charge on any atom is 0.291 e. The molecule has 1 heterocycles. The van der Waals surface area contributed by atoms with Crippen molar-refractivity contribution in [3.05, 3.63) is 77.7 Å². The van der Waals surface area contributed by atoms with E-state index in [4.69, 9.17) is 20.8 Å². The van der Waals surface area contributed by atoms with Gasteiger partial charge in [-0.25, -0.2) is 0 Å². The van der Waals surface area contributed by atoms with Gasteiger partial charge in [0.05, 0.1) is 6.26 Å². The Bertz CT molecular complexity index is 923. The number of amides is 2. The fourth-order valence-corrected chi connectivity index (χ4v) is 2.42. The number of carbonyl (C=O) groups excluding carboxylic acids is 2. The topological polar surface area (TPSA) is 80.6 Å². The lowest BCUT2D eigenvalue weighted by molar-refractivity contribution is -0.122. The van der Waals surface area contributed by atoms with E-state index in [1.54, 1.807) is 67.6 Å². The molecule has 0 aliphatic carbocycles. The molecular formula is C20H17ClN2O4. The summed E-state index contributed by atoms with van der Waals surface area (Å²) in [7, 11) is 0. The largest absolute Gasteiger partial charge is 0.481 e. The molecule has 3 aromatic rings. The van der Waals surface area contributed by atoms with Crippen molar-refractivity contribution in [1.82, 2.24) is 0 Å². The van der Waals surface area contributed by atoms with E-state index in [0.717, 1.165) is 0 Å². The first-order chi connectivity index (χ1) is 13.0. The van der Waals surface area contributed by atoms with Crippen LogP contribution in [0.15, 0.2) is 71.3 Å². The van der Waals surface area contributed by atoms with E-state index >= 15 is 0 Å². The van der Waals surface area contributed by atoms with Crippen LogP contribution < -0.4 is 15.4 Å². The summed E-state index contributed by atoms with van der Waals surface area (Å²) in [5.41, 5.74) is 1.06. The molecule has 2 aromatic carbocycles. The van der Waals surface area contributed by atoms with E-state index in [2.05, 4.69) is 10.6 Å². The molecule has 27 heavy (non-hydrogen) atoms. The second kappa shape index (κ2) is 8.42. The summed E-state index contributed by atoms with van der Waals surface area (Å²) in [6.07, 6.45) is 0.709. The number of ether oxygens (including phenoxy) is 1. The van der Waals surface area contributed by atoms with Gasteiger partial charge in [0.2, 0.25) is 0 Å². The minimum Gasteiger partial charge on any atom is -0.481 e. The first kappa shape index (κ1) is 18.5. The van der Waals surface area contributed by atoms with Crippen molar-refractivity contribution >= 4 is 34.8 Å². The van der Waals surface area contributed by atoms with Crippen molar-refractivity contribution in [2.45, 2.75) is 13.0 Å². The van der Waals surface area contributed by atoms with Gasteiger partial charge in [0.1, 0.15) is 5.75 Å². The molecule has 0 spiro atoms. The maximum atomic E-state index is 12.3. The molecule has 2 amide bonds. The first-order valence-electron chi connectivity index (χ1n) is 8.19. The van der Waals surface area contributed by atoms with E-state index in [1.807, 2.05) is 0 Å². The fraction of sp³-hybridized carbons (Fsp3) is 0.100. The van der Waals surface area contributed by atoms with Gasteiger partial charge in [-0.1, -0.05) is 17.7 Å². The standard InChI is InChI=1S/C20H17ClN2O4/c1-13(27-17-9-7-14(21)8-10-17)19(24)22-15-4-2-5-16(12-15)23-20(25)18-6-3-11-26-18/h2-13H,1H3,(H,22,24)(H,23,25). The molecule has 0 bridgehead atoms. The van der Waals surface area contributed by atoms with Crippen LogP contribution in [0.5, 0.6) is 5.75 Å². The van der Waals surface area contributed by atoms with Gasteiger partial charge < -0.3 is 19.8 Å². The summed E-state index contributed by atoms with van der Waals surface area (Å²) in [4.78, 5) is 24.4. The Morgan fingerprint density at radius 3 is 2.37 bits per heavy atom. The van der Waals surface area contributed by atoms with Crippen LogP contribution in [-0.2, 0) is 4.79 Å². The highest BCUT2D eigenvalue weighted by atomic mass is 35.5. The molecule has 0 fully saturated rings. The molecule has 7 heteroatoms. The molecule has 0 radical (unpaired) electrons. The molecule has 0 saturated heterocycles. The molecule has 0 saturated carbocycles. The molecule has 1 aromatic heterocycles. The van der Waals surface area contributed by atoms with Gasteiger partial charge in [0.25, 0.3) is 11.8 Å². The average molecular weight is 385 g/mol. The van der Waals surface area contributed by atoms with Crippen LogP contribution in [0.4, 0.5) is 11.4 Å². The summed E-state index contributed by atoms with van der Waals surface area (Å²) in [5, 5.41) is 6.05. The van der Waals surface area contributed by atoms with Gasteiger partial charge in [0.15, 0.2) is 11.9 Å². The molecule has 1 atom stereocenters. The predicted molar refractivity (Wildman–Crippen MR) is 103 cm³/mol. The van der Waals surface area contributed by atoms with Crippen LogP contribution in [-0.4, -0.2) is 17.9 Å². The lowest BCUT2D eigenvalue weighted by atomic mass is 10.2. The zero-order valence-corrected chi connectivity index (χ0v) is 15.2. The number of hydrogen-bond donors (Lipinski definition) is 2. The van der Waals surface area contributed by atoms with E-state index in [1.165, 1.54) is 6.26 Å². The summed E-state index contributed by atoms with van der Waals surface area (Å²) < 4.78 is 10.6. The van der Waals surface area contributed by atoms with E-state index in [-0.39, 0.29) is 17.6 Å². The highest BCUT2D eigenvalue weighted by Gasteiger charge is 2.15. The Labute approximate surface area is 161 Å². The second-order valence-electron chi connectivity index (χ2n) is 5.72. The van der Waals surface area contributed by atoms with Crippen molar-refractivity contribution in [3.8, 4) is 5.75 Å². The highest BCUT2D eigenvalue weighted by Crippen LogP contribution is 2.19. The average Bonchev–Trinajstić information content (AvgIpc) is 3.19. The number of anilines is 2. The van der Waals surface area contributed by atoms with E-state index in [0.29, 0.717) is 22.1 Å². The summed E-state index contributed by atoms with van der Waals surface area (Å²) in [6, 6.07) is 16.8. The van der Waals surface area contributed by atoms with Crippen molar-refractivity contribution < 1.29 is 18.7 Å². The lowest BCUT2D eigenvalue weighted by Crippen LogP contribution is -2.30. The zero-order chi connectivity index (χ0) is 19.2. The third-order valence-electron chi connectivity index (χ3n) is 3.63. The molecule has 2 N–H and O–H groups in total. The minimum atomic E-state index is -0.715. The van der Waals surface area contributed by atoms with Crippen LogP contribution >= 0.6 is 11.6 Å². The number of nitrogens with one attached hydrogen (secondary N) is 2. The van der Waals surface area contributed by atoms with E-state index < -0.39 is 6.10 Å². The number of carbonyl (C=O) groups is 2. The van der Waals surface area contributed by atoms with Crippen molar-refractivity contribution in [2.75, 3.05) is 10.6 Å². The maximum absolute atomic E-state index is 12.3. The van der Waals surface area contributed by atoms with Crippen LogP contribution in [0.2, 0.25) is 5.02 Å². The molecule has 6 nitrogen and oxygen atoms in total. The Balaban J connectivity index is 1.60. The Morgan fingerprint density at radius 1 is 1.00 bits per heavy atom. The Kier molecular flexibility index (Phi) is 5.78. The molecule has 1 unspecified atom stereocenters. The number of halogens is 1. The van der Waals surface area contributed by atoms with Gasteiger partial charge in [-0.05, 0) is 61.5 Å². The summed E-state index contributed by atoms with van der Waals surface area (Å²) in [5.74, 6) is 0.0540. The number of benzene rings is 2. The smallest absolute Gasteiger partial charge is 0.291 e. The third-order valence-corrected chi connectivity index (χ3v) is 3.88. The van der Waals surface area contributed by atoms with Crippen molar-refractivity contribution in [2.24, 2.45) is 0 Å². The van der Waals surface area contributed by atoms with Crippen molar-refractivity contribution in [3.63, 3.8) is 0 Å². The van der Waals surface area contributed by atoms with Gasteiger partial charge in [0, 0.05) is 16.4 Å². The SMILES string of the molecule is CC(Oc1ccc(Cl)cc1)C(=O)Nc1cccc(NC(=O)c2ccco2)c1. The second-order valence-corrected chi connectivity index (χ2v) is 6.15. The zero-order valence-electron chi connectivity index (χ0n) is 14.4. The Hall–Kier alpha value is -3.25. The summed E-state index contributed by atoms with van der Waals surface area (Å²) in [6.45, 7) is 1.65. The predicted octanol–water partition coefficient (Wildman–Crippen LogP) is 4.59. The number of rotatable bonds is 6. The number of furan rings is 1. The monoisotopic (exact) mass is 384 g/mol. The van der Waals surface area contributed by atoms with Crippen LogP contribution in [0, 0.1) is 0 Å². The van der Waals surface area contributed by atoms with Gasteiger partial charge in [-0.15, -0.1) is 0 Å². The first-order valence-corrected chi connectivity index (χ1v) is 8.57. The molecule has 0 aliphatic rings. The molecule has 3 rings (SSSR count). The Morgan fingerprint density at radius 2 is 1.70 bits per heavy atom. The van der Waals surface area contributed by atoms with E-state index in [9.17, 15) is 9.59 Å². The van der Waals surface area contributed by atoms with Crippen LogP contribution in [0.1, 0.15) is 17.5 Å². The molecular weight excluding hydrogens is 368 g/mol. The summed E-state index contributed by atoms with van der Waals surface area (Å²) >= 11 is 5.83. The van der Waals surface area contributed by atoms with Gasteiger partial charge in [-0.2, -0.15) is 0 Å². The van der Waals surface area contributed by atoms with Gasteiger partial charge >= 0.3 is 0 Å². The fourth-order valence-electron chi connectivity index (χ4n) is 2.29. The third kappa shape index (κ3) is 5.12. The van der Waals surface area contributed by atoms with Gasteiger partial charge in [-0.3, -0.25) is 9.59 Å². The van der Waals surface area contributed by atoms with Crippen molar-refractivity contribution in [1.29, 1.82) is 0 Å².